The first kappa shape index (κ1) is 11.5. The molecule has 15 heavy (non-hydrogen) atoms. The van der Waals surface area contributed by atoms with Gasteiger partial charge in [-0.1, -0.05) is 18.7 Å². The van der Waals surface area contributed by atoms with Crippen LogP contribution >= 0.6 is 0 Å². The van der Waals surface area contributed by atoms with Crippen LogP contribution in [0, 0.1) is 5.82 Å². The van der Waals surface area contributed by atoms with E-state index in [2.05, 4.69) is 11.9 Å². The zero-order valence-electron chi connectivity index (χ0n) is 8.76. The van der Waals surface area contributed by atoms with Gasteiger partial charge in [0, 0.05) is 17.8 Å². The van der Waals surface area contributed by atoms with E-state index < -0.39 is 0 Å². The number of hydrogen-bond acceptors (Lipinski definition) is 2. The fourth-order valence-electron chi connectivity index (χ4n) is 1.27. The molecule has 0 aliphatic rings. The zero-order chi connectivity index (χ0) is 11.3. The van der Waals surface area contributed by atoms with Crippen LogP contribution < -0.4 is 11.1 Å². The molecule has 1 aromatic rings. The highest BCUT2D eigenvalue weighted by atomic mass is 19.1. The van der Waals surface area contributed by atoms with Crippen molar-refractivity contribution >= 4 is 5.70 Å². The molecule has 0 unspecified atom stereocenters. The third-order valence-corrected chi connectivity index (χ3v) is 1.95. The maximum atomic E-state index is 13.3. The summed E-state index contributed by atoms with van der Waals surface area (Å²) in [5.74, 6) is -0.316. The molecule has 0 atom stereocenters. The van der Waals surface area contributed by atoms with E-state index in [0.29, 0.717) is 17.8 Å². The second-order valence-corrected chi connectivity index (χ2v) is 3.27. The topological polar surface area (TPSA) is 38.0 Å². The Kier molecular flexibility index (Phi) is 4.06. The Balaban J connectivity index is 2.89. The molecule has 0 saturated heterocycles. The van der Waals surface area contributed by atoms with Crippen molar-refractivity contribution < 1.29 is 4.39 Å². The fourth-order valence-corrected chi connectivity index (χ4v) is 1.27. The smallest absolute Gasteiger partial charge is 0.132 e. The van der Waals surface area contributed by atoms with Gasteiger partial charge in [-0.3, -0.25) is 0 Å². The quantitative estimate of drug-likeness (QED) is 0.738. The van der Waals surface area contributed by atoms with E-state index in [1.54, 1.807) is 24.3 Å². The Labute approximate surface area is 89.3 Å². The summed E-state index contributed by atoms with van der Waals surface area (Å²) >= 11 is 0. The summed E-state index contributed by atoms with van der Waals surface area (Å²) < 4.78 is 13.3. The van der Waals surface area contributed by atoms with Crippen molar-refractivity contribution in [2.24, 2.45) is 5.73 Å². The highest BCUT2D eigenvalue weighted by Crippen LogP contribution is 2.14. The fraction of sp³-hybridized carbons (Fsp3) is 0.167. The maximum absolute atomic E-state index is 13.3. The van der Waals surface area contributed by atoms with Gasteiger partial charge in [0.25, 0.3) is 0 Å². The van der Waals surface area contributed by atoms with Crippen LogP contribution in [0.5, 0.6) is 0 Å². The van der Waals surface area contributed by atoms with Crippen LogP contribution in [0.15, 0.2) is 42.5 Å². The second kappa shape index (κ2) is 5.32. The molecule has 2 nitrogen and oxygen atoms in total. The molecule has 0 spiro atoms. The molecular formula is C12H15FN2. The molecule has 0 fully saturated rings. The van der Waals surface area contributed by atoms with Gasteiger partial charge >= 0.3 is 0 Å². The molecule has 0 bridgehead atoms. The highest BCUT2D eigenvalue weighted by Gasteiger charge is 2.03. The Hall–Kier alpha value is -1.61. The molecule has 0 amide bonds. The first-order valence-electron chi connectivity index (χ1n) is 4.69. The summed E-state index contributed by atoms with van der Waals surface area (Å²) in [5.41, 5.74) is 7.39. The van der Waals surface area contributed by atoms with E-state index in [1.165, 1.54) is 6.07 Å². The van der Waals surface area contributed by atoms with Gasteiger partial charge in [0.1, 0.15) is 5.82 Å². The number of likely N-dealkylation sites (N-methyl/N-ethyl adjacent to an activating group) is 1. The number of halogens is 1. The average molecular weight is 206 g/mol. The van der Waals surface area contributed by atoms with Gasteiger partial charge in [-0.05, 0) is 30.8 Å². The zero-order valence-corrected chi connectivity index (χ0v) is 8.76. The first-order chi connectivity index (χ1) is 7.15. The summed E-state index contributed by atoms with van der Waals surface area (Å²) in [4.78, 5) is 0. The number of nitrogens with two attached hydrogens (primary N) is 1. The van der Waals surface area contributed by atoms with Crippen LogP contribution in [0.4, 0.5) is 4.39 Å². The van der Waals surface area contributed by atoms with Crippen LogP contribution in [-0.4, -0.2) is 13.6 Å². The maximum Gasteiger partial charge on any atom is 0.132 e. The Morgan fingerprint density at radius 1 is 1.53 bits per heavy atom. The Bertz CT molecular complexity index is 383. The van der Waals surface area contributed by atoms with Crippen LogP contribution in [0.1, 0.15) is 5.56 Å². The minimum Gasteiger partial charge on any atom is -0.398 e. The SMILES string of the molecule is C=C(/C=C(\N)c1ccccc1F)CNC. The number of rotatable bonds is 4. The van der Waals surface area contributed by atoms with Crippen molar-refractivity contribution in [3.05, 3.63) is 53.9 Å². The van der Waals surface area contributed by atoms with Crippen molar-refractivity contribution in [2.45, 2.75) is 0 Å². The largest absolute Gasteiger partial charge is 0.398 e. The van der Waals surface area contributed by atoms with Crippen molar-refractivity contribution in [2.75, 3.05) is 13.6 Å². The lowest BCUT2D eigenvalue weighted by Crippen LogP contribution is -2.09. The van der Waals surface area contributed by atoms with E-state index in [1.807, 2.05) is 7.05 Å². The van der Waals surface area contributed by atoms with Crippen molar-refractivity contribution in [3.63, 3.8) is 0 Å². The highest BCUT2D eigenvalue weighted by molar-refractivity contribution is 5.65. The number of benzene rings is 1. The minimum absolute atomic E-state index is 0.316. The molecule has 0 saturated carbocycles. The summed E-state index contributed by atoms with van der Waals surface area (Å²) in [7, 11) is 1.82. The monoisotopic (exact) mass is 206 g/mol. The molecule has 0 heterocycles. The van der Waals surface area contributed by atoms with E-state index >= 15 is 0 Å². The Morgan fingerprint density at radius 3 is 2.80 bits per heavy atom. The van der Waals surface area contributed by atoms with Gasteiger partial charge in [0.2, 0.25) is 0 Å². The van der Waals surface area contributed by atoms with Gasteiger partial charge in [0.05, 0.1) is 0 Å². The van der Waals surface area contributed by atoms with Crippen molar-refractivity contribution in [1.82, 2.24) is 5.32 Å². The average Bonchev–Trinajstić information content (AvgIpc) is 2.18. The van der Waals surface area contributed by atoms with E-state index in [0.717, 1.165) is 5.57 Å². The molecule has 0 aromatic heterocycles. The molecule has 3 N–H and O–H groups in total. The van der Waals surface area contributed by atoms with Gasteiger partial charge in [-0.25, -0.2) is 4.39 Å². The van der Waals surface area contributed by atoms with Gasteiger partial charge in [0.15, 0.2) is 0 Å². The third-order valence-electron chi connectivity index (χ3n) is 1.95. The molecule has 1 rings (SSSR count). The molecule has 3 heteroatoms. The standard InChI is InChI=1S/C12H15FN2/c1-9(8-15-2)7-12(14)10-5-3-4-6-11(10)13/h3-7,15H,1,8,14H2,2H3/b12-7-. The normalized spacial score (nSPS) is 11.5. The molecule has 0 aliphatic heterocycles. The van der Waals surface area contributed by atoms with E-state index in [4.69, 9.17) is 5.73 Å². The molecule has 0 aliphatic carbocycles. The number of nitrogens with one attached hydrogen (secondary N) is 1. The minimum atomic E-state index is -0.316. The predicted molar refractivity (Wildman–Crippen MR) is 61.6 cm³/mol. The van der Waals surface area contributed by atoms with Gasteiger partial charge in [-0.2, -0.15) is 0 Å². The summed E-state index contributed by atoms with van der Waals surface area (Å²) in [6.07, 6.45) is 1.68. The van der Waals surface area contributed by atoms with Crippen LogP contribution in [0.3, 0.4) is 0 Å². The predicted octanol–water partition coefficient (Wildman–Crippen LogP) is 1.90. The van der Waals surface area contributed by atoms with E-state index in [-0.39, 0.29) is 5.82 Å². The molecule has 80 valence electrons. The van der Waals surface area contributed by atoms with Crippen LogP contribution in [-0.2, 0) is 0 Å². The van der Waals surface area contributed by atoms with Crippen LogP contribution in [0.2, 0.25) is 0 Å². The number of hydrogen-bond donors (Lipinski definition) is 2. The van der Waals surface area contributed by atoms with Crippen molar-refractivity contribution in [3.8, 4) is 0 Å². The summed E-state index contributed by atoms with van der Waals surface area (Å²) in [5, 5.41) is 2.95. The van der Waals surface area contributed by atoms with Crippen molar-refractivity contribution in [1.29, 1.82) is 0 Å². The first-order valence-corrected chi connectivity index (χ1v) is 4.69. The molecule has 0 radical (unpaired) electrons. The Morgan fingerprint density at radius 2 is 2.20 bits per heavy atom. The van der Waals surface area contributed by atoms with Gasteiger partial charge in [-0.15, -0.1) is 0 Å². The third kappa shape index (κ3) is 3.22. The van der Waals surface area contributed by atoms with Gasteiger partial charge < -0.3 is 11.1 Å². The van der Waals surface area contributed by atoms with Crippen LogP contribution in [0.25, 0.3) is 5.70 Å². The van der Waals surface area contributed by atoms with E-state index in [9.17, 15) is 4.39 Å². The lowest BCUT2D eigenvalue weighted by Gasteiger charge is -2.04. The lowest BCUT2D eigenvalue weighted by atomic mass is 10.1. The lowest BCUT2D eigenvalue weighted by molar-refractivity contribution is 0.623. The molecule has 1 aromatic carbocycles. The summed E-state index contributed by atoms with van der Waals surface area (Å²) in [6.45, 7) is 4.43. The molecular weight excluding hydrogens is 191 g/mol. The summed E-state index contributed by atoms with van der Waals surface area (Å²) in [6, 6.07) is 6.42. The second-order valence-electron chi connectivity index (χ2n) is 3.27.